The van der Waals surface area contributed by atoms with E-state index >= 15 is 0 Å². The number of carboxylic acid groups (broad SMARTS) is 1. The highest BCUT2D eigenvalue weighted by Crippen LogP contribution is 2.53. The van der Waals surface area contributed by atoms with Crippen LogP contribution in [0.4, 0.5) is 5.00 Å². The summed E-state index contributed by atoms with van der Waals surface area (Å²) in [7, 11) is 0. The lowest BCUT2D eigenvalue weighted by Crippen LogP contribution is -2.38. The molecular weight excluding hydrogens is 390 g/mol. The van der Waals surface area contributed by atoms with Crippen molar-refractivity contribution in [2.24, 2.45) is 29.6 Å². The maximum atomic E-state index is 13.2. The van der Waals surface area contributed by atoms with Crippen LogP contribution in [0.5, 0.6) is 0 Å². The van der Waals surface area contributed by atoms with Crippen molar-refractivity contribution < 1.29 is 24.2 Å². The van der Waals surface area contributed by atoms with Crippen molar-refractivity contribution in [2.45, 2.75) is 58.8 Å². The smallest absolute Gasteiger partial charge is 0.341 e. The Labute approximate surface area is 175 Å². The fourth-order valence-electron chi connectivity index (χ4n) is 5.54. The molecule has 158 valence electrons. The fourth-order valence-corrected chi connectivity index (χ4v) is 6.94. The second-order valence-electron chi connectivity index (χ2n) is 8.90. The molecule has 0 aliphatic heterocycles. The van der Waals surface area contributed by atoms with E-state index in [4.69, 9.17) is 4.74 Å². The third kappa shape index (κ3) is 3.69. The number of amides is 1. The van der Waals surface area contributed by atoms with Crippen molar-refractivity contribution in [3.63, 3.8) is 0 Å². The molecule has 5 atom stereocenters. The Morgan fingerprint density at radius 3 is 2.59 bits per heavy atom. The molecule has 3 aliphatic rings. The molecule has 3 aliphatic carbocycles. The molecule has 2 fully saturated rings. The van der Waals surface area contributed by atoms with E-state index in [9.17, 15) is 19.5 Å². The standard InChI is InChI=1S/C22H29NO5S/c1-3-8-28-22(27)18-14-7-4-11(2)9-15(14)29-20(18)23-19(24)16-12-5-6-13(10-12)17(16)21(25)26/h11-13,16-17H,3-10H2,1-2H3,(H,23,24)(H,25,26)/t11-,12-,13-,16+,17+/m1/s1. The zero-order valence-corrected chi connectivity index (χ0v) is 17.8. The topological polar surface area (TPSA) is 92.7 Å². The molecule has 1 amide bonds. The lowest BCUT2D eigenvalue weighted by Gasteiger charge is -2.27. The molecule has 1 aromatic rings. The SMILES string of the molecule is CCCOC(=O)c1c(NC(=O)[C@H]2[C@@H]3CC[C@H](C3)[C@@H]2C(=O)O)sc2c1CC[C@@H](C)C2. The van der Waals surface area contributed by atoms with E-state index in [0.29, 0.717) is 23.1 Å². The van der Waals surface area contributed by atoms with E-state index in [2.05, 4.69) is 12.2 Å². The second kappa shape index (κ2) is 8.09. The van der Waals surface area contributed by atoms with Crippen LogP contribution in [0.3, 0.4) is 0 Å². The summed E-state index contributed by atoms with van der Waals surface area (Å²) in [5.74, 6) is -1.85. The van der Waals surface area contributed by atoms with Gasteiger partial charge in [0.2, 0.25) is 5.91 Å². The van der Waals surface area contributed by atoms with E-state index in [-0.39, 0.29) is 23.7 Å². The number of carbonyl (C=O) groups is 3. The maximum absolute atomic E-state index is 13.2. The van der Waals surface area contributed by atoms with Gasteiger partial charge in [0.15, 0.2) is 0 Å². The zero-order valence-electron chi connectivity index (χ0n) is 17.0. The highest BCUT2D eigenvalue weighted by Gasteiger charge is 2.54. The van der Waals surface area contributed by atoms with Crippen molar-refractivity contribution in [3.8, 4) is 0 Å². The van der Waals surface area contributed by atoms with E-state index in [0.717, 1.165) is 55.4 Å². The van der Waals surface area contributed by atoms with E-state index < -0.39 is 17.8 Å². The van der Waals surface area contributed by atoms with Crippen molar-refractivity contribution in [2.75, 3.05) is 11.9 Å². The number of carboxylic acids is 1. The summed E-state index contributed by atoms with van der Waals surface area (Å²) in [4.78, 5) is 38.9. The first-order chi connectivity index (χ1) is 13.9. The van der Waals surface area contributed by atoms with Gasteiger partial charge in [0.25, 0.3) is 0 Å². The Morgan fingerprint density at radius 2 is 1.90 bits per heavy atom. The summed E-state index contributed by atoms with van der Waals surface area (Å²) in [5, 5.41) is 13.2. The number of esters is 1. The lowest BCUT2D eigenvalue weighted by molar-refractivity contribution is -0.148. The van der Waals surface area contributed by atoms with Gasteiger partial charge in [-0.1, -0.05) is 13.8 Å². The number of hydrogen-bond acceptors (Lipinski definition) is 5. The number of aliphatic carboxylic acids is 1. The zero-order chi connectivity index (χ0) is 20.7. The second-order valence-corrected chi connectivity index (χ2v) is 10.0. The molecule has 29 heavy (non-hydrogen) atoms. The number of rotatable bonds is 6. The fraction of sp³-hybridized carbons (Fsp3) is 0.682. The minimum Gasteiger partial charge on any atom is -0.481 e. The average Bonchev–Trinajstić information content (AvgIpc) is 3.37. The minimum atomic E-state index is -0.876. The Balaban J connectivity index is 1.61. The highest BCUT2D eigenvalue weighted by atomic mass is 32.1. The molecule has 2 N–H and O–H groups in total. The summed E-state index contributed by atoms with van der Waals surface area (Å²) >= 11 is 1.46. The van der Waals surface area contributed by atoms with Crippen LogP contribution in [0.25, 0.3) is 0 Å². The highest BCUT2D eigenvalue weighted by molar-refractivity contribution is 7.17. The van der Waals surface area contributed by atoms with Crippen LogP contribution in [0.1, 0.15) is 66.8 Å². The summed E-state index contributed by atoms with van der Waals surface area (Å²) in [6.45, 7) is 4.49. The van der Waals surface area contributed by atoms with E-state index in [1.165, 1.54) is 11.3 Å². The van der Waals surface area contributed by atoms with Crippen molar-refractivity contribution >= 4 is 34.2 Å². The molecule has 4 rings (SSSR count). The number of anilines is 1. The number of hydrogen-bond donors (Lipinski definition) is 2. The van der Waals surface area contributed by atoms with Crippen molar-refractivity contribution in [1.29, 1.82) is 0 Å². The Kier molecular flexibility index (Phi) is 5.69. The van der Waals surface area contributed by atoms with Gasteiger partial charge in [-0.25, -0.2) is 4.79 Å². The first kappa shape index (κ1) is 20.4. The first-order valence-electron chi connectivity index (χ1n) is 10.8. The third-order valence-corrected chi connectivity index (χ3v) is 8.06. The van der Waals surface area contributed by atoms with Crippen LogP contribution < -0.4 is 5.32 Å². The predicted molar refractivity (Wildman–Crippen MR) is 110 cm³/mol. The molecule has 0 aromatic carbocycles. The largest absolute Gasteiger partial charge is 0.481 e. The molecule has 2 saturated carbocycles. The molecule has 7 heteroatoms. The Hall–Kier alpha value is -1.89. The Bertz CT molecular complexity index is 831. The lowest BCUT2D eigenvalue weighted by atomic mass is 9.78. The first-order valence-corrected chi connectivity index (χ1v) is 11.6. The molecule has 0 saturated heterocycles. The van der Waals surface area contributed by atoms with Crippen LogP contribution >= 0.6 is 11.3 Å². The van der Waals surface area contributed by atoms with E-state index in [1.807, 2.05) is 6.92 Å². The van der Waals surface area contributed by atoms with Crippen LogP contribution in [0.2, 0.25) is 0 Å². The van der Waals surface area contributed by atoms with Gasteiger partial charge in [-0.15, -0.1) is 11.3 Å². The summed E-state index contributed by atoms with van der Waals surface area (Å²) in [5.41, 5.74) is 1.50. The van der Waals surface area contributed by atoms with Gasteiger partial charge in [0.05, 0.1) is 24.0 Å². The normalized spacial score (nSPS) is 30.1. The number of ether oxygens (including phenoxy) is 1. The molecule has 1 aromatic heterocycles. The van der Waals surface area contributed by atoms with Gasteiger partial charge in [0, 0.05) is 4.88 Å². The van der Waals surface area contributed by atoms with Gasteiger partial charge in [-0.05, 0) is 68.3 Å². The van der Waals surface area contributed by atoms with Crippen LogP contribution in [-0.2, 0) is 27.2 Å². The van der Waals surface area contributed by atoms with Crippen molar-refractivity contribution in [1.82, 2.24) is 0 Å². The maximum Gasteiger partial charge on any atom is 0.341 e. The quantitative estimate of drug-likeness (QED) is 0.677. The number of thiophene rings is 1. The summed E-state index contributed by atoms with van der Waals surface area (Å²) in [6, 6.07) is 0. The number of fused-ring (bicyclic) bond motifs is 3. The molecule has 0 spiro atoms. The Morgan fingerprint density at radius 1 is 1.17 bits per heavy atom. The summed E-state index contributed by atoms with van der Waals surface area (Å²) in [6.07, 6.45) is 6.09. The molecule has 0 radical (unpaired) electrons. The molecule has 2 bridgehead atoms. The van der Waals surface area contributed by atoms with Gasteiger partial charge in [-0.2, -0.15) is 0 Å². The van der Waals surface area contributed by atoms with Crippen LogP contribution in [0.15, 0.2) is 0 Å². The molecule has 6 nitrogen and oxygen atoms in total. The van der Waals surface area contributed by atoms with Crippen LogP contribution in [0, 0.1) is 29.6 Å². The van der Waals surface area contributed by atoms with E-state index in [1.54, 1.807) is 0 Å². The minimum absolute atomic E-state index is 0.0969. The number of carbonyl (C=O) groups excluding carboxylic acids is 2. The molecular formula is C22H29NO5S. The predicted octanol–water partition coefficient (Wildman–Crippen LogP) is 4.13. The third-order valence-electron chi connectivity index (χ3n) is 6.89. The van der Waals surface area contributed by atoms with Gasteiger partial charge >= 0.3 is 11.9 Å². The summed E-state index contributed by atoms with van der Waals surface area (Å²) < 4.78 is 5.41. The van der Waals surface area contributed by atoms with Gasteiger partial charge in [-0.3, -0.25) is 9.59 Å². The average molecular weight is 420 g/mol. The van der Waals surface area contributed by atoms with Gasteiger partial charge < -0.3 is 15.2 Å². The molecule has 1 heterocycles. The molecule has 0 unspecified atom stereocenters. The van der Waals surface area contributed by atoms with Crippen molar-refractivity contribution in [3.05, 3.63) is 16.0 Å². The van der Waals surface area contributed by atoms with Crippen LogP contribution in [-0.4, -0.2) is 29.6 Å². The van der Waals surface area contributed by atoms with Gasteiger partial charge in [0.1, 0.15) is 5.00 Å². The monoisotopic (exact) mass is 419 g/mol. The number of nitrogens with one attached hydrogen (secondary N) is 1.